The Balaban J connectivity index is 2.28. The third kappa shape index (κ3) is 3.80. The highest BCUT2D eigenvalue weighted by molar-refractivity contribution is 7.99. The molecule has 0 radical (unpaired) electrons. The van der Waals surface area contributed by atoms with Gasteiger partial charge in [-0.15, -0.1) is 11.8 Å². The van der Waals surface area contributed by atoms with Gasteiger partial charge in [-0.3, -0.25) is 13.9 Å². The van der Waals surface area contributed by atoms with Crippen LogP contribution < -0.4 is 11.2 Å². The minimum atomic E-state index is -0.463. The van der Waals surface area contributed by atoms with Crippen molar-refractivity contribution in [1.29, 1.82) is 0 Å². The average molecular weight is 388 g/mol. The van der Waals surface area contributed by atoms with E-state index in [2.05, 4.69) is 23.8 Å². The predicted molar refractivity (Wildman–Crippen MR) is 106 cm³/mol. The summed E-state index contributed by atoms with van der Waals surface area (Å²) in [6, 6.07) is 5.95. The molecule has 0 atom stereocenters. The normalized spacial score (nSPS) is 11.5. The molecule has 0 aliphatic carbocycles. The van der Waals surface area contributed by atoms with E-state index in [1.807, 2.05) is 0 Å². The highest BCUT2D eigenvalue weighted by atomic mass is 32.2. The first-order chi connectivity index (χ1) is 12.8. The van der Waals surface area contributed by atoms with Gasteiger partial charge in [-0.2, -0.15) is 0 Å². The zero-order valence-corrected chi connectivity index (χ0v) is 16.5. The lowest BCUT2D eigenvalue weighted by atomic mass is 10.2. The molecular weight excluding hydrogens is 367 g/mol. The number of thioether (sulfide) groups is 1. The zero-order valence-electron chi connectivity index (χ0n) is 15.7. The molecule has 0 saturated heterocycles. The molecule has 0 spiro atoms. The van der Waals surface area contributed by atoms with E-state index in [4.69, 9.17) is 0 Å². The molecular formula is C19H21FN4O2S. The van der Waals surface area contributed by atoms with E-state index < -0.39 is 17.1 Å². The molecule has 3 rings (SSSR count). The van der Waals surface area contributed by atoms with E-state index in [1.54, 1.807) is 19.2 Å². The van der Waals surface area contributed by atoms with Gasteiger partial charge in [-0.1, -0.05) is 26.0 Å². The van der Waals surface area contributed by atoms with E-state index in [9.17, 15) is 14.0 Å². The van der Waals surface area contributed by atoms with Gasteiger partial charge in [-0.25, -0.2) is 19.2 Å². The van der Waals surface area contributed by atoms with Crippen molar-refractivity contribution in [3.05, 3.63) is 50.9 Å². The third-order valence-electron chi connectivity index (χ3n) is 4.28. The van der Waals surface area contributed by atoms with Gasteiger partial charge < -0.3 is 0 Å². The minimum Gasteiger partial charge on any atom is -0.280 e. The number of aromatic nitrogens is 4. The molecule has 0 fully saturated rings. The Morgan fingerprint density at radius 3 is 2.56 bits per heavy atom. The Kier molecular flexibility index (Phi) is 5.46. The standard InChI is InChI=1S/C19H21FN4O2S/c1-11(2)8-9-27-17-14-16(23(3)19(26)24(4)18(14)25)21-15(22-17)12-6-5-7-13(20)10-12/h5-7,10-11H,8-9H2,1-4H3. The fourth-order valence-corrected chi connectivity index (χ4v) is 3.94. The van der Waals surface area contributed by atoms with Crippen molar-refractivity contribution < 1.29 is 4.39 Å². The van der Waals surface area contributed by atoms with E-state index >= 15 is 0 Å². The monoisotopic (exact) mass is 388 g/mol. The first kappa shape index (κ1) is 19.3. The number of nitrogens with zero attached hydrogens (tertiary/aromatic N) is 4. The molecule has 0 amide bonds. The van der Waals surface area contributed by atoms with Gasteiger partial charge in [0, 0.05) is 19.7 Å². The lowest BCUT2D eigenvalue weighted by Crippen LogP contribution is -2.37. The first-order valence-corrected chi connectivity index (χ1v) is 9.64. The van der Waals surface area contributed by atoms with Gasteiger partial charge in [0.2, 0.25) is 0 Å². The van der Waals surface area contributed by atoms with Crippen molar-refractivity contribution in [2.75, 3.05) is 5.75 Å². The summed E-state index contributed by atoms with van der Waals surface area (Å²) in [7, 11) is 3.00. The van der Waals surface area contributed by atoms with E-state index in [1.165, 1.54) is 35.5 Å². The van der Waals surface area contributed by atoms with Crippen LogP contribution in [-0.2, 0) is 14.1 Å². The molecule has 2 heterocycles. The molecule has 0 saturated carbocycles. The fraction of sp³-hybridized carbons (Fsp3) is 0.368. The Bertz CT molecular complexity index is 1120. The van der Waals surface area contributed by atoms with Gasteiger partial charge in [0.25, 0.3) is 5.56 Å². The van der Waals surface area contributed by atoms with Crippen molar-refractivity contribution in [3.63, 3.8) is 0 Å². The molecule has 6 nitrogen and oxygen atoms in total. The third-order valence-corrected chi connectivity index (χ3v) is 5.29. The number of fused-ring (bicyclic) bond motifs is 1. The number of benzene rings is 1. The van der Waals surface area contributed by atoms with Crippen molar-refractivity contribution in [3.8, 4) is 11.4 Å². The molecule has 0 aliphatic rings. The average Bonchev–Trinajstić information content (AvgIpc) is 2.63. The molecule has 0 N–H and O–H groups in total. The van der Waals surface area contributed by atoms with E-state index in [-0.39, 0.29) is 11.5 Å². The maximum Gasteiger partial charge on any atom is 0.332 e. The second kappa shape index (κ2) is 7.64. The van der Waals surface area contributed by atoms with Crippen LogP contribution in [0, 0.1) is 11.7 Å². The molecule has 0 bridgehead atoms. The van der Waals surface area contributed by atoms with Gasteiger partial charge in [0.1, 0.15) is 16.2 Å². The van der Waals surface area contributed by atoms with Crippen LogP contribution in [0.25, 0.3) is 22.4 Å². The molecule has 142 valence electrons. The highest BCUT2D eigenvalue weighted by Gasteiger charge is 2.18. The summed E-state index contributed by atoms with van der Waals surface area (Å²) in [5.41, 5.74) is -0.138. The zero-order chi connectivity index (χ0) is 19.7. The summed E-state index contributed by atoms with van der Waals surface area (Å²) >= 11 is 1.46. The smallest absolute Gasteiger partial charge is 0.280 e. The largest absolute Gasteiger partial charge is 0.332 e. The maximum absolute atomic E-state index is 13.6. The van der Waals surface area contributed by atoms with Gasteiger partial charge in [0.05, 0.1) is 0 Å². The summed E-state index contributed by atoms with van der Waals surface area (Å²) in [4.78, 5) is 34.0. The Morgan fingerprint density at radius 1 is 1.15 bits per heavy atom. The molecule has 1 aromatic carbocycles. The summed E-state index contributed by atoms with van der Waals surface area (Å²) in [5.74, 6) is 1.18. The number of aryl methyl sites for hydroxylation is 1. The molecule has 3 aromatic rings. The predicted octanol–water partition coefficient (Wildman–Crippen LogP) is 2.97. The molecule has 27 heavy (non-hydrogen) atoms. The van der Waals surface area contributed by atoms with Gasteiger partial charge >= 0.3 is 5.69 Å². The lowest BCUT2D eigenvalue weighted by molar-refractivity contribution is 0.628. The summed E-state index contributed by atoms with van der Waals surface area (Å²) in [6.45, 7) is 4.25. The Morgan fingerprint density at radius 2 is 1.89 bits per heavy atom. The minimum absolute atomic E-state index is 0.254. The van der Waals surface area contributed by atoms with E-state index in [0.29, 0.717) is 21.9 Å². The number of rotatable bonds is 5. The van der Waals surface area contributed by atoms with Gasteiger partial charge in [0.15, 0.2) is 11.5 Å². The molecule has 2 aromatic heterocycles. The maximum atomic E-state index is 13.6. The van der Waals surface area contributed by atoms with Crippen LogP contribution in [0.15, 0.2) is 38.9 Å². The first-order valence-electron chi connectivity index (χ1n) is 8.66. The SMILES string of the molecule is CC(C)CCSc1nc(-c2cccc(F)c2)nc2c1c(=O)n(C)c(=O)n2C. The van der Waals surface area contributed by atoms with Crippen molar-refractivity contribution in [2.24, 2.45) is 20.0 Å². The van der Waals surface area contributed by atoms with Crippen LogP contribution >= 0.6 is 11.8 Å². The quantitative estimate of drug-likeness (QED) is 0.496. The second-order valence-corrected chi connectivity index (χ2v) is 7.88. The number of halogens is 1. The topological polar surface area (TPSA) is 69.8 Å². The van der Waals surface area contributed by atoms with Crippen molar-refractivity contribution >= 4 is 22.8 Å². The van der Waals surface area contributed by atoms with Gasteiger partial charge in [-0.05, 0) is 30.2 Å². The summed E-state index contributed by atoms with van der Waals surface area (Å²) in [5, 5.41) is 0.824. The molecule has 0 unspecified atom stereocenters. The number of hydrogen-bond acceptors (Lipinski definition) is 5. The Hall–Kier alpha value is -2.48. The van der Waals surface area contributed by atoms with Crippen LogP contribution in [0.2, 0.25) is 0 Å². The van der Waals surface area contributed by atoms with Crippen LogP contribution in [-0.4, -0.2) is 24.9 Å². The van der Waals surface area contributed by atoms with Crippen molar-refractivity contribution in [1.82, 2.24) is 19.1 Å². The van der Waals surface area contributed by atoms with Crippen molar-refractivity contribution in [2.45, 2.75) is 25.3 Å². The van der Waals surface area contributed by atoms with E-state index in [0.717, 1.165) is 16.7 Å². The van der Waals surface area contributed by atoms with Crippen LogP contribution in [0.4, 0.5) is 4.39 Å². The van der Waals surface area contributed by atoms with Crippen LogP contribution in [0.3, 0.4) is 0 Å². The fourth-order valence-electron chi connectivity index (χ4n) is 2.68. The lowest BCUT2D eigenvalue weighted by Gasteiger charge is -2.12. The summed E-state index contributed by atoms with van der Waals surface area (Å²) < 4.78 is 16.0. The van der Waals surface area contributed by atoms with Crippen LogP contribution in [0.5, 0.6) is 0 Å². The summed E-state index contributed by atoms with van der Waals surface area (Å²) in [6.07, 6.45) is 0.956. The Labute approximate surface area is 160 Å². The highest BCUT2D eigenvalue weighted by Crippen LogP contribution is 2.27. The van der Waals surface area contributed by atoms with Crippen LogP contribution in [0.1, 0.15) is 20.3 Å². The molecule has 0 aliphatic heterocycles. The number of hydrogen-bond donors (Lipinski definition) is 0. The second-order valence-electron chi connectivity index (χ2n) is 6.80. The molecule has 8 heteroatoms.